The maximum absolute atomic E-state index is 12.0. The Hall–Kier alpha value is -3.63. The molecule has 4 rings (SSSR count). The molecule has 0 radical (unpaired) electrons. The van der Waals surface area contributed by atoms with Crippen LogP contribution in [0, 0.1) is 11.3 Å². The molecule has 2 heterocycles. The number of carbonyl (C=O) groups excluding carboxylic acids is 1. The molecular formula is C21H15N3O3S. The van der Waals surface area contributed by atoms with Gasteiger partial charge in [-0.05, 0) is 13.0 Å². The molecule has 0 fully saturated rings. The molecule has 0 bridgehead atoms. The van der Waals surface area contributed by atoms with Crippen molar-refractivity contribution in [3.05, 3.63) is 64.6 Å². The molecule has 1 aliphatic rings. The summed E-state index contributed by atoms with van der Waals surface area (Å²) in [5, 5.41) is 15.1. The van der Waals surface area contributed by atoms with E-state index in [1.54, 1.807) is 18.3 Å². The van der Waals surface area contributed by atoms with Crippen LogP contribution in [0.2, 0.25) is 0 Å². The van der Waals surface area contributed by atoms with Crippen molar-refractivity contribution in [2.45, 2.75) is 6.92 Å². The van der Waals surface area contributed by atoms with Crippen LogP contribution in [0.15, 0.2) is 54.0 Å². The number of nitrogens with one attached hydrogen (secondary N) is 1. The highest BCUT2D eigenvalue weighted by Gasteiger charge is 2.19. The molecule has 0 spiro atoms. The minimum Gasteiger partial charge on any atom is -0.454 e. The Morgan fingerprint density at radius 3 is 2.71 bits per heavy atom. The first kappa shape index (κ1) is 17.8. The number of nitriles is 1. The monoisotopic (exact) mass is 389 g/mol. The van der Waals surface area contributed by atoms with Crippen LogP contribution in [0.5, 0.6) is 11.5 Å². The number of aromatic nitrogens is 1. The van der Waals surface area contributed by atoms with Gasteiger partial charge in [-0.2, -0.15) is 5.26 Å². The summed E-state index contributed by atoms with van der Waals surface area (Å²) in [6.45, 7) is 1.60. The van der Waals surface area contributed by atoms with Crippen LogP contribution in [-0.2, 0) is 0 Å². The van der Waals surface area contributed by atoms with Gasteiger partial charge in [-0.1, -0.05) is 30.3 Å². The molecule has 0 unspecified atom stereocenters. The van der Waals surface area contributed by atoms with Gasteiger partial charge in [0.15, 0.2) is 17.3 Å². The molecule has 1 aromatic heterocycles. The van der Waals surface area contributed by atoms with E-state index in [-0.39, 0.29) is 12.6 Å². The molecule has 1 aliphatic heterocycles. The number of ketones is 1. The number of ether oxygens (including phenoxy) is 2. The Morgan fingerprint density at radius 1 is 1.25 bits per heavy atom. The molecule has 2 aromatic carbocycles. The van der Waals surface area contributed by atoms with Gasteiger partial charge in [-0.15, -0.1) is 11.3 Å². The highest BCUT2D eigenvalue weighted by molar-refractivity contribution is 7.11. The van der Waals surface area contributed by atoms with Gasteiger partial charge in [0.25, 0.3) is 0 Å². The van der Waals surface area contributed by atoms with E-state index < -0.39 is 0 Å². The van der Waals surface area contributed by atoms with E-state index in [0.29, 0.717) is 33.3 Å². The molecule has 0 atom stereocenters. The lowest BCUT2D eigenvalue weighted by Gasteiger charge is -2.08. The summed E-state index contributed by atoms with van der Waals surface area (Å²) >= 11 is 1.39. The summed E-state index contributed by atoms with van der Waals surface area (Å²) < 4.78 is 10.7. The first-order valence-corrected chi connectivity index (χ1v) is 9.36. The second-order valence-electron chi connectivity index (χ2n) is 6.03. The Balaban J connectivity index is 1.63. The number of Topliss-reactive ketones (excluding diaryl/α,β-unsaturated/α-hetero) is 1. The van der Waals surface area contributed by atoms with Crippen molar-refractivity contribution < 1.29 is 14.3 Å². The predicted octanol–water partition coefficient (Wildman–Crippen LogP) is 4.72. The standard InChI is InChI=1S/C21H15N3O3S/c1-13(25)16-7-19-20(27-12-26-19)8-17(16)23-10-15(9-22)21-24-18(11-28-21)14-5-3-2-4-6-14/h2-8,10-11,23H,12H2,1H3/b15-10-. The normalized spacial score (nSPS) is 12.5. The van der Waals surface area contributed by atoms with E-state index in [4.69, 9.17) is 9.47 Å². The number of anilines is 1. The molecule has 138 valence electrons. The summed E-state index contributed by atoms with van der Waals surface area (Å²) in [5.41, 5.74) is 3.18. The predicted molar refractivity (Wildman–Crippen MR) is 107 cm³/mol. The second-order valence-corrected chi connectivity index (χ2v) is 6.88. The van der Waals surface area contributed by atoms with Crippen LogP contribution in [0.4, 0.5) is 5.69 Å². The minimum absolute atomic E-state index is 0.117. The van der Waals surface area contributed by atoms with E-state index in [1.165, 1.54) is 18.3 Å². The third-order valence-corrected chi connectivity index (χ3v) is 5.06. The van der Waals surface area contributed by atoms with Gasteiger partial charge in [0.2, 0.25) is 6.79 Å². The SMILES string of the molecule is CC(=O)c1cc2c(cc1N/C=C(/C#N)c1nc(-c3ccccc3)cs1)OCO2. The molecule has 0 saturated heterocycles. The van der Waals surface area contributed by atoms with Crippen LogP contribution < -0.4 is 14.8 Å². The van der Waals surface area contributed by atoms with Crippen LogP contribution in [0.1, 0.15) is 22.3 Å². The lowest BCUT2D eigenvalue weighted by Crippen LogP contribution is -2.00. The molecule has 7 heteroatoms. The Morgan fingerprint density at radius 2 is 2.00 bits per heavy atom. The van der Waals surface area contributed by atoms with Gasteiger partial charge in [-0.25, -0.2) is 4.98 Å². The highest BCUT2D eigenvalue weighted by atomic mass is 32.1. The summed E-state index contributed by atoms with van der Waals surface area (Å²) in [7, 11) is 0. The molecule has 3 aromatic rings. The van der Waals surface area contributed by atoms with Crippen molar-refractivity contribution in [3.63, 3.8) is 0 Å². The summed E-state index contributed by atoms with van der Waals surface area (Å²) in [6.07, 6.45) is 1.55. The van der Waals surface area contributed by atoms with Crippen molar-refractivity contribution in [3.8, 4) is 28.8 Å². The fourth-order valence-corrected chi connectivity index (χ4v) is 3.58. The van der Waals surface area contributed by atoms with Gasteiger partial charge in [0.05, 0.1) is 11.4 Å². The summed E-state index contributed by atoms with van der Waals surface area (Å²) in [4.78, 5) is 16.5. The van der Waals surface area contributed by atoms with Gasteiger partial charge in [0, 0.05) is 28.8 Å². The van der Waals surface area contributed by atoms with Crippen molar-refractivity contribution in [1.29, 1.82) is 5.26 Å². The molecule has 28 heavy (non-hydrogen) atoms. The van der Waals surface area contributed by atoms with Gasteiger partial charge in [-0.3, -0.25) is 4.79 Å². The number of hydrogen-bond acceptors (Lipinski definition) is 7. The second kappa shape index (κ2) is 7.55. The topological polar surface area (TPSA) is 84.2 Å². The molecular weight excluding hydrogens is 374 g/mol. The van der Waals surface area contributed by atoms with E-state index in [0.717, 1.165) is 11.3 Å². The zero-order valence-electron chi connectivity index (χ0n) is 14.9. The van der Waals surface area contributed by atoms with Crippen molar-refractivity contribution in [1.82, 2.24) is 4.98 Å². The van der Waals surface area contributed by atoms with E-state index >= 15 is 0 Å². The smallest absolute Gasteiger partial charge is 0.231 e. The van der Waals surface area contributed by atoms with E-state index in [9.17, 15) is 10.1 Å². The molecule has 6 nitrogen and oxygen atoms in total. The van der Waals surface area contributed by atoms with Crippen molar-refractivity contribution in [2.75, 3.05) is 12.1 Å². The molecule has 0 aliphatic carbocycles. The lowest BCUT2D eigenvalue weighted by molar-refractivity contribution is 0.101. The quantitative estimate of drug-likeness (QED) is 0.502. The van der Waals surface area contributed by atoms with E-state index in [1.807, 2.05) is 35.7 Å². The van der Waals surface area contributed by atoms with Gasteiger partial charge in [0.1, 0.15) is 16.6 Å². The van der Waals surface area contributed by atoms with Crippen molar-refractivity contribution >= 4 is 28.4 Å². The number of fused-ring (bicyclic) bond motifs is 1. The average molecular weight is 389 g/mol. The number of rotatable bonds is 5. The molecule has 0 saturated carbocycles. The number of benzene rings is 2. The zero-order chi connectivity index (χ0) is 19.5. The number of thiazole rings is 1. The van der Waals surface area contributed by atoms with Gasteiger partial charge >= 0.3 is 0 Å². The zero-order valence-corrected chi connectivity index (χ0v) is 15.7. The average Bonchev–Trinajstić information content (AvgIpc) is 3.38. The summed E-state index contributed by atoms with van der Waals surface area (Å²) in [5.74, 6) is 0.973. The van der Waals surface area contributed by atoms with Crippen LogP contribution in [0.25, 0.3) is 16.8 Å². The third-order valence-electron chi connectivity index (χ3n) is 4.19. The minimum atomic E-state index is -0.117. The first-order chi connectivity index (χ1) is 13.7. The Labute approximate surface area is 165 Å². The number of nitrogens with zero attached hydrogens (tertiary/aromatic N) is 2. The van der Waals surface area contributed by atoms with Crippen LogP contribution in [-0.4, -0.2) is 17.6 Å². The van der Waals surface area contributed by atoms with E-state index in [2.05, 4.69) is 16.4 Å². The number of allylic oxidation sites excluding steroid dienone is 1. The van der Waals surface area contributed by atoms with Crippen LogP contribution >= 0.6 is 11.3 Å². The van der Waals surface area contributed by atoms with Crippen LogP contribution in [0.3, 0.4) is 0 Å². The molecule has 1 N–H and O–H groups in total. The maximum atomic E-state index is 12.0. The molecule has 0 amide bonds. The third kappa shape index (κ3) is 3.46. The maximum Gasteiger partial charge on any atom is 0.231 e. The Bertz CT molecular complexity index is 1110. The van der Waals surface area contributed by atoms with Gasteiger partial charge < -0.3 is 14.8 Å². The lowest BCUT2D eigenvalue weighted by atomic mass is 10.1. The largest absolute Gasteiger partial charge is 0.454 e. The fourth-order valence-electron chi connectivity index (χ4n) is 2.78. The fraction of sp³-hybridized carbons (Fsp3) is 0.0952. The summed E-state index contributed by atoms with van der Waals surface area (Å²) in [6, 6.07) is 15.3. The highest BCUT2D eigenvalue weighted by Crippen LogP contribution is 2.37. The Kier molecular flexibility index (Phi) is 4.79. The van der Waals surface area contributed by atoms with Crippen molar-refractivity contribution in [2.24, 2.45) is 0 Å². The number of hydrogen-bond donors (Lipinski definition) is 1. The number of carbonyl (C=O) groups is 1. The first-order valence-electron chi connectivity index (χ1n) is 8.48.